The maximum atomic E-state index is 10.8. The third-order valence-corrected chi connectivity index (χ3v) is 4.36. The lowest BCUT2D eigenvalue weighted by atomic mass is 9.24. The average molecular weight is 226 g/mol. The van der Waals surface area contributed by atoms with Crippen molar-refractivity contribution in [2.45, 2.75) is 45.0 Å². The maximum Gasteiger partial charge on any atom is 0.0764 e. The van der Waals surface area contributed by atoms with Crippen LogP contribution in [-0.4, -0.2) is 89.2 Å². The van der Waals surface area contributed by atoms with Crippen LogP contribution >= 0.6 is 0 Å². The van der Waals surface area contributed by atoms with Crippen LogP contribution in [0, 0.1) is 0 Å². The minimum Gasteiger partial charge on any atom is -0.392 e. The predicted molar refractivity (Wildman–Crippen MR) is 86.4 cm³/mol. The van der Waals surface area contributed by atoms with Crippen LogP contribution in [0.15, 0.2) is 0 Å². The van der Waals surface area contributed by atoms with E-state index < -0.39 is 38.1 Å². The van der Waals surface area contributed by atoms with Crippen molar-refractivity contribution in [3.8, 4) is 0 Å². The number of hydrogen-bond acceptors (Lipinski definition) is 1. The van der Waals surface area contributed by atoms with Crippen LogP contribution in [0.25, 0.3) is 0 Å². The molecule has 0 aromatic heterocycles. The van der Waals surface area contributed by atoms with Gasteiger partial charge < -0.3 is 5.11 Å². The first-order valence-corrected chi connectivity index (χ1v) is 5.61. The van der Waals surface area contributed by atoms with Crippen LogP contribution < -0.4 is 0 Å². The number of aliphatic hydroxyl groups is 1. The molecule has 0 amide bonds. The highest BCUT2D eigenvalue weighted by Crippen LogP contribution is 2.82. The van der Waals surface area contributed by atoms with Gasteiger partial charge in [0.2, 0.25) is 0 Å². The van der Waals surface area contributed by atoms with E-state index in [0.717, 1.165) is 0 Å². The highest BCUT2D eigenvalue weighted by molar-refractivity contribution is 6.61. The highest BCUT2D eigenvalue weighted by atomic mass is 16.3. The zero-order chi connectivity index (χ0) is 15.7. The zero-order valence-electron chi connectivity index (χ0n) is 10.9. The average Bonchev–Trinajstić information content (AvgIpc) is 2.29. The quantitative estimate of drug-likeness (QED) is 0.515. The fourth-order valence-corrected chi connectivity index (χ4v) is 2.84. The van der Waals surface area contributed by atoms with E-state index in [-0.39, 0.29) is 0 Å². The van der Waals surface area contributed by atoms with Gasteiger partial charge in [0.1, 0.15) is 0 Å². The highest BCUT2D eigenvalue weighted by Gasteiger charge is 2.71. The molecule has 1 nitrogen and oxygen atoms in total. The first-order valence-electron chi connectivity index (χ1n) is 5.61. The van der Waals surface area contributed by atoms with Crippen molar-refractivity contribution in [3.63, 3.8) is 0 Å². The van der Waals surface area contributed by atoms with E-state index in [4.69, 9.17) is 78.5 Å². The minimum atomic E-state index is -2.40. The molecule has 1 aliphatic carbocycles. The second kappa shape index (κ2) is 4.31. The van der Waals surface area contributed by atoms with Crippen LogP contribution in [0.1, 0.15) is 6.92 Å². The Labute approximate surface area is 129 Å². The lowest BCUT2D eigenvalue weighted by molar-refractivity contribution is 0.00701. The van der Waals surface area contributed by atoms with Gasteiger partial charge in [-0.2, -0.15) is 0 Å². The third kappa shape index (κ3) is 1.72. The van der Waals surface area contributed by atoms with Crippen molar-refractivity contribution in [2.75, 3.05) is 0 Å². The summed E-state index contributed by atoms with van der Waals surface area (Å²) in [6, 6.07) is 0. The minimum absolute atomic E-state index is 1.30. The summed E-state index contributed by atoms with van der Waals surface area (Å²) in [5, 5.41) is 2.82. The van der Waals surface area contributed by atoms with E-state index in [9.17, 15) is 5.11 Å². The Kier molecular flexibility index (Phi) is 4.00. The fraction of sp³-hybridized carbons (Fsp3) is 1.00. The summed E-state index contributed by atoms with van der Waals surface area (Å²) in [6.07, 6.45) is 0. The van der Waals surface area contributed by atoms with Crippen LogP contribution in [0.2, 0.25) is 32.5 Å². The van der Waals surface area contributed by atoms with Crippen LogP contribution in [-0.2, 0) is 0 Å². The van der Waals surface area contributed by atoms with Crippen LogP contribution in [0.3, 0.4) is 0 Å². The molecule has 0 spiro atoms. The molecule has 3 unspecified atom stereocenters. The fourth-order valence-electron chi connectivity index (χ4n) is 2.84. The monoisotopic (exact) mass is 228 g/mol. The number of rotatable bonds is 2. The molecule has 11 heteroatoms. The van der Waals surface area contributed by atoms with Gasteiger partial charge in [0, 0.05) is 5.60 Å². The molecule has 1 N–H and O–H groups in total. The molecule has 74 valence electrons. The predicted octanol–water partition coefficient (Wildman–Crippen LogP) is -2.52. The standard InChI is InChI=1S/C8H6B10O/c1-4(12,13)5(14)2(9)7(15,16)8(17,18)6(5,19)3(10)11/h2-3,19H,1H3. The molecule has 0 aliphatic heterocycles. The molecular formula is C8H6B10O. The van der Waals surface area contributed by atoms with Crippen molar-refractivity contribution in [2.24, 2.45) is 0 Å². The number of hydrogen-bond donors (Lipinski definition) is 1. The molecule has 0 aromatic carbocycles. The lowest BCUT2D eigenvalue weighted by Gasteiger charge is -2.60. The van der Waals surface area contributed by atoms with E-state index in [0.29, 0.717) is 0 Å². The Balaban J connectivity index is 3.73. The molecule has 20 radical (unpaired) electrons. The Morgan fingerprint density at radius 3 is 1.63 bits per heavy atom. The van der Waals surface area contributed by atoms with Crippen LogP contribution in [0.5, 0.6) is 0 Å². The second-order valence-corrected chi connectivity index (χ2v) is 5.72. The lowest BCUT2D eigenvalue weighted by Crippen LogP contribution is -2.57. The van der Waals surface area contributed by atoms with Gasteiger partial charge in [0.05, 0.1) is 78.5 Å². The Bertz CT molecular complexity index is 374. The summed E-state index contributed by atoms with van der Waals surface area (Å²) in [5.41, 5.74) is -3.93. The van der Waals surface area contributed by atoms with Gasteiger partial charge in [-0.25, -0.2) is 0 Å². The van der Waals surface area contributed by atoms with Crippen molar-refractivity contribution in [1.82, 2.24) is 0 Å². The van der Waals surface area contributed by atoms with Crippen molar-refractivity contribution >= 4 is 78.5 Å². The van der Waals surface area contributed by atoms with Gasteiger partial charge in [-0.15, -0.1) is 10.4 Å². The van der Waals surface area contributed by atoms with Crippen molar-refractivity contribution in [1.29, 1.82) is 0 Å². The van der Waals surface area contributed by atoms with Gasteiger partial charge in [0.25, 0.3) is 0 Å². The van der Waals surface area contributed by atoms with E-state index in [1.165, 1.54) is 6.92 Å². The summed E-state index contributed by atoms with van der Waals surface area (Å²) in [6.45, 7) is 1.30. The summed E-state index contributed by atoms with van der Waals surface area (Å²) in [7, 11) is 58.1. The summed E-state index contributed by atoms with van der Waals surface area (Å²) < 4.78 is 0. The third-order valence-electron chi connectivity index (χ3n) is 4.36. The molecule has 0 saturated heterocycles. The molecular weight excluding hydrogens is 220 g/mol. The van der Waals surface area contributed by atoms with Crippen LogP contribution in [0.4, 0.5) is 0 Å². The van der Waals surface area contributed by atoms with E-state index in [1.54, 1.807) is 0 Å². The maximum absolute atomic E-state index is 10.8. The molecule has 3 atom stereocenters. The first-order chi connectivity index (χ1) is 8.10. The SMILES string of the molecule is [B]C1C([B])([B])C([B])([B])C(O)(C([B])[B])C1([B])C([B])([B])C. The Morgan fingerprint density at radius 1 is 1.05 bits per heavy atom. The first kappa shape index (κ1) is 17.7. The molecule has 0 heterocycles. The van der Waals surface area contributed by atoms with E-state index in [2.05, 4.69) is 0 Å². The summed E-state index contributed by atoms with van der Waals surface area (Å²) in [4.78, 5) is 0. The molecule has 1 saturated carbocycles. The summed E-state index contributed by atoms with van der Waals surface area (Å²) >= 11 is 0. The van der Waals surface area contributed by atoms with E-state index >= 15 is 0 Å². The zero-order valence-corrected chi connectivity index (χ0v) is 10.9. The molecule has 1 aliphatic rings. The molecule has 1 rings (SSSR count). The smallest absolute Gasteiger partial charge is 0.0764 e. The Morgan fingerprint density at radius 2 is 1.42 bits per heavy atom. The molecule has 19 heavy (non-hydrogen) atoms. The van der Waals surface area contributed by atoms with Crippen molar-refractivity contribution < 1.29 is 5.11 Å². The molecule has 1 fully saturated rings. The largest absolute Gasteiger partial charge is 0.392 e. The van der Waals surface area contributed by atoms with Gasteiger partial charge in [0.15, 0.2) is 0 Å². The van der Waals surface area contributed by atoms with Gasteiger partial charge in [-0.05, 0) is 0 Å². The normalized spacial score (nSPS) is 41.3. The Hall–Kier alpha value is 0.609. The van der Waals surface area contributed by atoms with Gasteiger partial charge in [-0.3, -0.25) is 0 Å². The second-order valence-electron chi connectivity index (χ2n) is 5.72. The summed E-state index contributed by atoms with van der Waals surface area (Å²) in [5.74, 6) is -1.37. The van der Waals surface area contributed by atoms with Crippen molar-refractivity contribution in [3.05, 3.63) is 0 Å². The van der Waals surface area contributed by atoms with E-state index in [1.807, 2.05) is 0 Å². The topological polar surface area (TPSA) is 20.2 Å². The van der Waals surface area contributed by atoms with Gasteiger partial charge >= 0.3 is 0 Å². The molecule has 0 bridgehead atoms. The molecule has 0 aromatic rings. The van der Waals surface area contributed by atoms with Gasteiger partial charge in [-0.1, -0.05) is 29.0 Å².